The Labute approximate surface area is 130 Å². The molecule has 0 radical (unpaired) electrons. The molecule has 1 unspecified atom stereocenters. The van der Waals surface area contributed by atoms with E-state index < -0.39 is 0 Å². The molecule has 2 aliphatic heterocycles. The van der Waals surface area contributed by atoms with E-state index in [1.54, 1.807) is 0 Å². The van der Waals surface area contributed by atoms with Gasteiger partial charge in [0, 0.05) is 31.0 Å². The topological polar surface area (TPSA) is 21.1 Å². The first-order valence-electron chi connectivity index (χ1n) is 7.71. The molecule has 21 heavy (non-hydrogen) atoms. The highest BCUT2D eigenvalue weighted by Gasteiger charge is 2.30. The fourth-order valence-corrected chi connectivity index (χ4v) is 4.03. The molecule has 0 N–H and O–H groups in total. The van der Waals surface area contributed by atoms with Crippen molar-refractivity contribution in [2.75, 3.05) is 11.4 Å². The Morgan fingerprint density at radius 1 is 1.24 bits per heavy atom. The van der Waals surface area contributed by atoms with Crippen LogP contribution in [0.3, 0.4) is 0 Å². The van der Waals surface area contributed by atoms with Crippen LogP contribution in [0.1, 0.15) is 42.5 Å². The van der Waals surface area contributed by atoms with Crippen LogP contribution in [0.25, 0.3) is 0 Å². The minimum Gasteiger partial charge on any atom is -0.335 e. The van der Waals surface area contributed by atoms with Crippen LogP contribution in [-0.4, -0.2) is 21.1 Å². The van der Waals surface area contributed by atoms with Gasteiger partial charge in [-0.3, -0.25) is 0 Å². The molecule has 0 saturated carbocycles. The molecular weight excluding hydrogens is 278 g/mol. The van der Waals surface area contributed by atoms with Crippen molar-refractivity contribution in [3.63, 3.8) is 0 Å². The zero-order chi connectivity index (χ0) is 14.4. The monoisotopic (exact) mass is 297 g/mol. The molecule has 3 nitrogen and oxygen atoms in total. The number of aromatic nitrogens is 2. The minimum atomic E-state index is 0.386. The number of hydrogen-bond donors (Lipinski definition) is 0. The highest BCUT2D eigenvalue weighted by molar-refractivity contribution is 7.80. The van der Waals surface area contributed by atoms with Crippen LogP contribution in [0.15, 0.2) is 30.9 Å². The average molecular weight is 297 g/mol. The summed E-state index contributed by atoms with van der Waals surface area (Å²) in [5, 5.41) is 0. The quantitative estimate of drug-likeness (QED) is 0.809. The molecule has 1 aromatic carbocycles. The number of hydrogen-bond acceptors (Lipinski definition) is 2. The van der Waals surface area contributed by atoms with E-state index in [1.807, 2.05) is 12.5 Å². The third-order valence-corrected chi connectivity index (χ3v) is 5.15. The second-order valence-corrected chi connectivity index (χ2v) is 6.39. The maximum absolute atomic E-state index is 5.52. The van der Waals surface area contributed by atoms with Gasteiger partial charge < -0.3 is 9.47 Å². The van der Waals surface area contributed by atoms with Crippen LogP contribution in [0.2, 0.25) is 0 Å². The maximum Gasteiger partial charge on any atom is 0.0951 e. The lowest BCUT2D eigenvalue weighted by atomic mass is 9.93. The molecule has 1 atom stereocenters. The molecule has 3 heterocycles. The van der Waals surface area contributed by atoms with Crippen molar-refractivity contribution >= 4 is 22.9 Å². The number of rotatable bonds is 3. The summed E-state index contributed by atoms with van der Waals surface area (Å²) in [5.74, 6) is 0. The van der Waals surface area contributed by atoms with Gasteiger partial charge in [0.2, 0.25) is 0 Å². The molecule has 0 spiro atoms. The van der Waals surface area contributed by atoms with Crippen LogP contribution in [0.4, 0.5) is 5.69 Å². The van der Waals surface area contributed by atoms with Crippen LogP contribution in [0, 0.1) is 0 Å². The van der Waals surface area contributed by atoms with E-state index in [4.69, 9.17) is 12.2 Å². The summed E-state index contributed by atoms with van der Waals surface area (Å²) >= 11 is 5.52. The van der Waals surface area contributed by atoms with E-state index in [0.29, 0.717) is 6.04 Å². The number of benzene rings is 1. The second kappa shape index (κ2) is 4.95. The molecule has 108 valence electrons. The molecule has 2 aromatic rings. The van der Waals surface area contributed by atoms with Crippen LogP contribution in [0.5, 0.6) is 0 Å². The molecule has 4 heteroatoms. The normalized spacial score (nSPS) is 18.0. The molecule has 0 saturated heterocycles. The predicted octanol–water partition coefficient (Wildman–Crippen LogP) is 3.52. The van der Waals surface area contributed by atoms with Crippen molar-refractivity contribution in [2.24, 2.45) is 0 Å². The summed E-state index contributed by atoms with van der Waals surface area (Å²) in [5.41, 5.74) is 5.78. The number of imidazole rings is 1. The Kier molecular flexibility index (Phi) is 3.07. The Bertz CT molecular complexity index is 690. The Morgan fingerprint density at radius 3 is 2.76 bits per heavy atom. The summed E-state index contributed by atoms with van der Waals surface area (Å²) in [6, 6.07) is 5.17. The lowest BCUT2D eigenvalue weighted by Gasteiger charge is -2.29. The fraction of sp³-hybridized carbons (Fsp3) is 0.412. The van der Waals surface area contributed by atoms with E-state index in [1.165, 1.54) is 22.4 Å². The van der Waals surface area contributed by atoms with Gasteiger partial charge in [-0.05, 0) is 36.0 Å². The smallest absolute Gasteiger partial charge is 0.0951 e. The SMILES string of the molecule is CCC(c1cc2c3c(c1)CCN3C(=S)CC2)n1ccnc1. The number of anilines is 1. The minimum absolute atomic E-state index is 0.386. The van der Waals surface area contributed by atoms with Gasteiger partial charge in [0.1, 0.15) is 0 Å². The largest absolute Gasteiger partial charge is 0.335 e. The third kappa shape index (κ3) is 2.01. The Hall–Kier alpha value is -1.68. The molecule has 1 aromatic heterocycles. The standard InChI is InChI=1S/C17H19N3S/c1-2-15(19-8-6-18-11-19)14-9-12-3-4-16(21)20-7-5-13(10-14)17(12)20/h6,8-11,15H,2-5,7H2,1H3. The Morgan fingerprint density at radius 2 is 2.05 bits per heavy atom. The molecular formula is C17H19N3S. The van der Waals surface area contributed by atoms with Crippen LogP contribution < -0.4 is 4.90 Å². The number of aryl methyl sites for hydroxylation is 1. The molecule has 4 rings (SSSR count). The van der Waals surface area contributed by atoms with E-state index in [0.717, 1.165) is 37.2 Å². The first kappa shape index (κ1) is 13.0. The molecule has 2 aliphatic rings. The lowest BCUT2D eigenvalue weighted by molar-refractivity contribution is 0.565. The van der Waals surface area contributed by atoms with E-state index >= 15 is 0 Å². The summed E-state index contributed by atoms with van der Waals surface area (Å²) in [6.45, 7) is 3.30. The number of nitrogens with zero attached hydrogens (tertiary/aromatic N) is 3. The van der Waals surface area contributed by atoms with Crippen molar-refractivity contribution in [1.82, 2.24) is 9.55 Å². The van der Waals surface area contributed by atoms with Crippen molar-refractivity contribution in [3.8, 4) is 0 Å². The van der Waals surface area contributed by atoms with Crippen molar-refractivity contribution in [2.45, 2.75) is 38.6 Å². The summed E-state index contributed by atoms with van der Waals surface area (Å²) in [4.78, 5) is 7.68. The zero-order valence-electron chi connectivity index (χ0n) is 12.2. The van der Waals surface area contributed by atoms with Crippen molar-refractivity contribution in [3.05, 3.63) is 47.5 Å². The van der Waals surface area contributed by atoms with E-state index in [-0.39, 0.29) is 0 Å². The highest BCUT2D eigenvalue weighted by atomic mass is 32.1. The maximum atomic E-state index is 5.52. The third-order valence-electron chi connectivity index (χ3n) is 4.73. The van der Waals surface area contributed by atoms with Gasteiger partial charge in [0.05, 0.1) is 17.4 Å². The second-order valence-electron chi connectivity index (χ2n) is 5.92. The summed E-state index contributed by atoms with van der Waals surface area (Å²) in [7, 11) is 0. The number of thiocarbonyl (C=S) groups is 1. The predicted molar refractivity (Wildman–Crippen MR) is 89.1 cm³/mol. The van der Waals surface area contributed by atoms with Gasteiger partial charge in [-0.15, -0.1) is 0 Å². The first-order valence-corrected chi connectivity index (χ1v) is 8.12. The fourth-order valence-electron chi connectivity index (χ4n) is 3.75. The van der Waals surface area contributed by atoms with Gasteiger partial charge in [-0.25, -0.2) is 4.98 Å². The van der Waals surface area contributed by atoms with Crippen molar-refractivity contribution < 1.29 is 0 Å². The summed E-state index contributed by atoms with van der Waals surface area (Å²) < 4.78 is 2.22. The first-order chi connectivity index (χ1) is 10.3. The van der Waals surface area contributed by atoms with Gasteiger partial charge in [-0.2, -0.15) is 0 Å². The van der Waals surface area contributed by atoms with E-state index in [2.05, 4.69) is 39.7 Å². The van der Waals surface area contributed by atoms with Gasteiger partial charge in [0.15, 0.2) is 0 Å². The van der Waals surface area contributed by atoms with Crippen molar-refractivity contribution in [1.29, 1.82) is 0 Å². The van der Waals surface area contributed by atoms with E-state index in [9.17, 15) is 0 Å². The average Bonchev–Trinajstić information content (AvgIpc) is 3.14. The molecule has 0 fully saturated rings. The van der Waals surface area contributed by atoms with Crippen LogP contribution >= 0.6 is 12.2 Å². The van der Waals surface area contributed by atoms with Crippen LogP contribution in [-0.2, 0) is 12.8 Å². The lowest BCUT2D eigenvalue weighted by Crippen LogP contribution is -2.31. The molecule has 0 aliphatic carbocycles. The van der Waals surface area contributed by atoms with Gasteiger partial charge in [0.25, 0.3) is 0 Å². The Balaban J connectivity index is 1.81. The zero-order valence-corrected chi connectivity index (χ0v) is 13.1. The summed E-state index contributed by atoms with van der Waals surface area (Å²) in [6.07, 6.45) is 10.2. The highest BCUT2D eigenvalue weighted by Crippen LogP contribution is 2.39. The molecule has 0 amide bonds. The van der Waals surface area contributed by atoms with Gasteiger partial charge >= 0.3 is 0 Å². The van der Waals surface area contributed by atoms with Gasteiger partial charge in [-0.1, -0.05) is 31.3 Å². The molecule has 0 bridgehead atoms.